The molecule has 0 aromatic heterocycles. The van der Waals surface area contributed by atoms with E-state index in [9.17, 15) is 0 Å². The van der Waals surface area contributed by atoms with Crippen LogP contribution >= 0.6 is 11.6 Å². The monoisotopic (exact) mass is 167 g/mol. The summed E-state index contributed by atoms with van der Waals surface area (Å²) in [4.78, 5) is 0. The van der Waals surface area contributed by atoms with Gasteiger partial charge in [-0.3, -0.25) is 0 Å². The number of rotatable bonds is 1. The second-order valence-corrected chi connectivity index (χ2v) is 2.52. The highest BCUT2D eigenvalue weighted by atomic mass is 35.5. The zero-order chi connectivity index (χ0) is 8.27. The molecule has 0 bridgehead atoms. The predicted molar refractivity (Wildman–Crippen MR) is 42.0 cm³/mol. The van der Waals surface area contributed by atoms with Gasteiger partial charge in [-0.1, -0.05) is 23.7 Å². The molecule has 0 fully saturated rings. The molecular weight excluding hydrogens is 162 g/mol. The van der Waals surface area contributed by atoms with Crippen LogP contribution in [0.5, 0.6) is 0 Å². The molecule has 1 N–H and O–H groups in total. The molecule has 0 saturated carbocycles. The van der Waals surface area contributed by atoms with Crippen LogP contribution in [0.1, 0.15) is 11.7 Å². The Bertz CT molecular complexity index is 292. The first-order valence-corrected chi connectivity index (χ1v) is 3.45. The van der Waals surface area contributed by atoms with Crippen molar-refractivity contribution in [3.8, 4) is 6.07 Å². The molecule has 0 aliphatic rings. The second kappa shape index (κ2) is 3.38. The Labute approximate surface area is 69.7 Å². The fourth-order valence-electron chi connectivity index (χ4n) is 0.751. The first-order valence-electron chi connectivity index (χ1n) is 3.07. The van der Waals surface area contributed by atoms with Crippen molar-refractivity contribution < 1.29 is 5.11 Å². The maximum atomic E-state index is 9.03. The summed E-state index contributed by atoms with van der Waals surface area (Å²) >= 11 is 5.63. The minimum atomic E-state index is -1.08. The average molecular weight is 168 g/mol. The summed E-state index contributed by atoms with van der Waals surface area (Å²) in [5.74, 6) is 0. The van der Waals surface area contributed by atoms with Gasteiger partial charge in [-0.15, -0.1) is 0 Å². The van der Waals surface area contributed by atoms with E-state index in [-0.39, 0.29) is 0 Å². The van der Waals surface area contributed by atoms with E-state index in [4.69, 9.17) is 22.0 Å². The van der Waals surface area contributed by atoms with Gasteiger partial charge in [0.1, 0.15) is 0 Å². The fourth-order valence-corrected chi connectivity index (χ4v) is 0.950. The molecule has 56 valence electrons. The Hall–Kier alpha value is -1.04. The van der Waals surface area contributed by atoms with E-state index in [0.717, 1.165) is 0 Å². The smallest absolute Gasteiger partial charge is 0.165 e. The third-order valence-electron chi connectivity index (χ3n) is 1.29. The van der Waals surface area contributed by atoms with Gasteiger partial charge in [-0.2, -0.15) is 5.26 Å². The van der Waals surface area contributed by atoms with E-state index in [0.29, 0.717) is 10.6 Å². The van der Waals surface area contributed by atoms with Crippen LogP contribution in [-0.2, 0) is 0 Å². The SMILES string of the molecule is N#C[C@H](O)c1cccc(Cl)c1. The van der Waals surface area contributed by atoms with Crippen LogP contribution in [-0.4, -0.2) is 5.11 Å². The lowest BCUT2D eigenvalue weighted by Crippen LogP contribution is -1.91. The fraction of sp³-hybridized carbons (Fsp3) is 0.125. The molecule has 11 heavy (non-hydrogen) atoms. The van der Waals surface area contributed by atoms with Crippen molar-refractivity contribution in [3.05, 3.63) is 34.9 Å². The quantitative estimate of drug-likeness (QED) is 0.650. The van der Waals surface area contributed by atoms with Crippen molar-refractivity contribution in [1.29, 1.82) is 5.26 Å². The van der Waals surface area contributed by atoms with Gasteiger partial charge < -0.3 is 5.11 Å². The summed E-state index contributed by atoms with van der Waals surface area (Å²) < 4.78 is 0. The standard InChI is InChI=1S/C8H6ClNO/c9-7-3-1-2-6(4-7)8(11)5-10/h1-4,8,11H/t8-/m0/s1. The summed E-state index contributed by atoms with van der Waals surface area (Å²) in [5, 5.41) is 17.9. The maximum absolute atomic E-state index is 9.03. The van der Waals surface area contributed by atoms with Crippen molar-refractivity contribution in [2.45, 2.75) is 6.10 Å². The normalized spacial score (nSPS) is 12.1. The van der Waals surface area contributed by atoms with E-state index in [1.165, 1.54) is 0 Å². The van der Waals surface area contributed by atoms with Gasteiger partial charge in [0.25, 0.3) is 0 Å². The number of aliphatic hydroxyl groups excluding tert-OH is 1. The molecule has 0 saturated heterocycles. The predicted octanol–water partition coefficient (Wildman–Crippen LogP) is 1.90. The van der Waals surface area contributed by atoms with Gasteiger partial charge in [-0.25, -0.2) is 0 Å². The number of hydrogen-bond donors (Lipinski definition) is 1. The molecule has 0 unspecified atom stereocenters. The van der Waals surface area contributed by atoms with Crippen molar-refractivity contribution in [3.63, 3.8) is 0 Å². The number of nitriles is 1. The Balaban J connectivity index is 2.98. The van der Waals surface area contributed by atoms with Gasteiger partial charge in [0, 0.05) is 5.02 Å². The number of halogens is 1. The minimum Gasteiger partial charge on any atom is -0.374 e. The molecule has 1 atom stereocenters. The molecule has 0 aliphatic heterocycles. The first-order chi connectivity index (χ1) is 5.24. The highest BCUT2D eigenvalue weighted by Crippen LogP contribution is 2.16. The summed E-state index contributed by atoms with van der Waals surface area (Å²) in [6.45, 7) is 0. The molecule has 1 aromatic carbocycles. The maximum Gasteiger partial charge on any atom is 0.165 e. The van der Waals surface area contributed by atoms with Crippen molar-refractivity contribution in [1.82, 2.24) is 0 Å². The van der Waals surface area contributed by atoms with Crippen LogP contribution in [0.2, 0.25) is 5.02 Å². The average Bonchev–Trinajstić information content (AvgIpc) is 2.03. The molecule has 1 rings (SSSR count). The lowest BCUT2D eigenvalue weighted by molar-refractivity contribution is 0.236. The van der Waals surface area contributed by atoms with Crippen molar-refractivity contribution in [2.24, 2.45) is 0 Å². The van der Waals surface area contributed by atoms with Crippen molar-refractivity contribution >= 4 is 11.6 Å². The summed E-state index contributed by atoms with van der Waals surface area (Å²) in [7, 11) is 0. The Morgan fingerprint density at radius 3 is 2.82 bits per heavy atom. The summed E-state index contributed by atoms with van der Waals surface area (Å²) in [6, 6.07) is 8.31. The van der Waals surface area contributed by atoms with E-state index in [1.54, 1.807) is 30.3 Å². The minimum absolute atomic E-state index is 0.525. The lowest BCUT2D eigenvalue weighted by atomic mass is 10.1. The molecule has 0 aliphatic carbocycles. The van der Waals surface area contributed by atoms with Crippen LogP contribution in [0.4, 0.5) is 0 Å². The van der Waals surface area contributed by atoms with E-state index in [1.807, 2.05) is 0 Å². The van der Waals surface area contributed by atoms with Crippen LogP contribution < -0.4 is 0 Å². The zero-order valence-corrected chi connectivity index (χ0v) is 6.42. The number of nitrogens with zero attached hydrogens (tertiary/aromatic N) is 1. The van der Waals surface area contributed by atoms with E-state index >= 15 is 0 Å². The molecule has 2 nitrogen and oxygen atoms in total. The molecular formula is C8H6ClNO. The molecule has 0 spiro atoms. The molecule has 0 amide bonds. The van der Waals surface area contributed by atoms with Gasteiger partial charge in [-0.05, 0) is 17.7 Å². The lowest BCUT2D eigenvalue weighted by Gasteiger charge is -2.00. The van der Waals surface area contributed by atoms with E-state index in [2.05, 4.69) is 0 Å². The molecule has 0 radical (unpaired) electrons. The molecule has 1 aromatic rings. The topological polar surface area (TPSA) is 44.0 Å². The molecule has 0 heterocycles. The summed E-state index contributed by atoms with van der Waals surface area (Å²) in [5.41, 5.74) is 0.528. The van der Waals surface area contributed by atoms with E-state index < -0.39 is 6.10 Å². The second-order valence-electron chi connectivity index (χ2n) is 2.09. The third-order valence-corrected chi connectivity index (χ3v) is 1.52. The highest BCUT2D eigenvalue weighted by Gasteiger charge is 2.04. The zero-order valence-electron chi connectivity index (χ0n) is 5.66. The van der Waals surface area contributed by atoms with Gasteiger partial charge in [0.15, 0.2) is 6.10 Å². The van der Waals surface area contributed by atoms with Gasteiger partial charge in [0.2, 0.25) is 0 Å². The highest BCUT2D eigenvalue weighted by molar-refractivity contribution is 6.30. The summed E-state index contributed by atoms with van der Waals surface area (Å²) in [6.07, 6.45) is -1.08. The Morgan fingerprint density at radius 1 is 1.55 bits per heavy atom. The van der Waals surface area contributed by atoms with Crippen LogP contribution in [0, 0.1) is 11.3 Å². The van der Waals surface area contributed by atoms with Crippen molar-refractivity contribution in [2.75, 3.05) is 0 Å². The number of hydrogen-bond acceptors (Lipinski definition) is 2. The largest absolute Gasteiger partial charge is 0.374 e. The van der Waals surface area contributed by atoms with Gasteiger partial charge >= 0.3 is 0 Å². The Morgan fingerprint density at radius 2 is 2.27 bits per heavy atom. The third kappa shape index (κ3) is 1.94. The molecule has 3 heteroatoms. The Kier molecular flexibility index (Phi) is 2.48. The van der Waals surface area contributed by atoms with Gasteiger partial charge in [0.05, 0.1) is 6.07 Å². The first kappa shape index (κ1) is 8.06. The van der Waals surface area contributed by atoms with Crippen LogP contribution in [0.15, 0.2) is 24.3 Å². The number of benzene rings is 1. The number of aliphatic hydroxyl groups is 1. The van der Waals surface area contributed by atoms with Crippen LogP contribution in [0.25, 0.3) is 0 Å². The van der Waals surface area contributed by atoms with Crippen LogP contribution in [0.3, 0.4) is 0 Å².